The molecule has 0 atom stereocenters. The van der Waals surface area contributed by atoms with Gasteiger partial charge in [-0.15, -0.1) is 11.3 Å². The van der Waals surface area contributed by atoms with Gasteiger partial charge in [0.25, 0.3) is 0 Å². The van der Waals surface area contributed by atoms with Gasteiger partial charge in [-0.05, 0) is 19.8 Å². The van der Waals surface area contributed by atoms with Gasteiger partial charge in [-0.1, -0.05) is 18.7 Å². The van der Waals surface area contributed by atoms with Crippen LogP contribution in [0.5, 0.6) is 0 Å². The van der Waals surface area contributed by atoms with E-state index in [1.54, 1.807) is 11.3 Å². The highest BCUT2D eigenvalue weighted by molar-refractivity contribution is 8.13. The Labute approximate surface area is 93.1 Å². The lowest BCUT2D eigenvalue weighted by Gasteiger charge is -1.98. The van der Waals surface area contributed by atoms with E-state index in [4.69, 9.17) is 0 Å². The van der Waals surface area contributed by atoms with Crippen LogP contribution in [0, 0.1) is 6.92 Å². The Morgan fingerprint density at radius 2 is 2.43 bits per heavy atom. The Bertz CT molecular complexity index is 296. The molecule has 2 nitrogen and oxygen atoms in total. The van der Waals surface area contributed by atoms with Gasteiger partial charge >= 0.3 is 0 Å². The molecule has 0 aliphatic rings. The predicted molar refractivity (Wildman–Crippen MR) is 62.9 cm³/mol. The van der Waals surface area contributed by atoms with Crippen molar-refractivity contribution in [1.82, 2.24) is 4.98 Å². The standard InChI is InChI=1S/C10H15NOS2/c1-3-4-10(12)13-6-5-9-8(2)11-7-14-9/h7H,3-6H2,1-2H3. The van der Waals surface area contributed by atoms with Crippen LogP contribution < -0.4 is 0 Å². The summed E-state index contributed by atoms with van der Waals surface area (Å²) in [6.45, 7) is 4.05. The Kier molecular flexibility index (Phi) is 5.19. The summed E-state index contributed by atoms with van der Waals surface area (Å²) in [4.78, 5) is 16.7. The molecule has 0 fully saturated rings. The fraction of sp³-hybridized carbons (Fsp3) is 0.600. The molecule has 0 aliphatic carbocycles. The highest BCUT2D eigenvalue weighted by Crippen LogP contribution is 2.16. The molecule has 0 aromatic carbocycles. The predicted octanol–water partition coefficient (Wildman–Crippen LogP) is 3.05. The van der Waals surface area contributed by atoms with Gasteiger partial charge in [-0.2, -0.15) is 0 Å². The second-order valence-electron chi connectivity index (χ2n) is 3.08. The van der Waals surface area contributed by atoms with Crippen molar-refractivity contribution in [3.63, 3.8) is 0 Å². The van der Waals surface area contributed by atoms with Crippen LogP contribution in [0.15, 0.2) is 5.51 Å². The molecular weight excluding hydrogens is 214 g/mol. The lowest BCUT2D eigenvalue weighted by molar-refractivity contribution is -0.111. The molecule has 1 rings (SSSR count). The number of hydrogen-bond donors (Lipinski definition) is 0. The average Bonchev–Trinajstić information content (AvgIpc) is 2.52. The molecule has 1 aromatic rings. The smallest absolute Gasteiger partial charge is 0.188 e. The summed E-state index contributed by atoms with van der Waals surface area (Å²) < 4.78 is 0. The average molecular weight is 229 g/mol. The third kappa shape index (κ3) is 3.80. The molecule has 14 heavy (non-hydrogen) atoms. The summed E-state index contributed by atoms with van der Waals surface area (Å²) in [7, 11) is 0. The zero-order valence-corrected chi connectivity index (χ0v) is 10.2. The van der Waals surface area contributed by atoms with Crippen molar-refractivity contribution >= 4 is 28.2 Å². The lowest BCUT2D eigenvalue weighted by atomic mass is 10.3. The normalized spacial score (nSPS) is 10.4. The molecular formula is C10H15NOS2. The van der Waals surface area contributed by atoms with E-state index in [9.17, 15) is 4.79 Å². The minimum atomic E-state index is 0.315. The van der Waals surface area contributed by atoms with E-state index < -0.39 is 0 Å². The van der Waals surface area contributed by atoms with Crippen molar-refractivity contribution in [2.24, 2.45) is 0 Å². The number of rotatable bonds is 5. The van der Waals surface area contributed by atoms with Gasteiger partial charge in [0.15, 0.2) is 5.12 Å². The maximum absolute atomic E-state index is 11.2. The minimum absolute atomic E-state index is 0.315. The van der Waals surface area contributed by atoms with E-state index in [1.807, 2.05) is 19.4 Å². The topological polar surface area (TPSA) is 30.0 Å². The van der Waals surface area contributed by atoms with Gasteiger partial charge < -0.3 is 0 Å². The number of carbonyl (C=O) groups is 1. The number of thiazole rings is 1. The molecule has 0 aliphatic heterocycles. The fourth-order valence-corrected chi connectivity index (χ4v) is 2.89. The largest absolute Gasteiger partial charge is 0.287 e. The van der Waals surface area contributed by atoms with E-state index in [0.29, 0.717) is 11.5 Å². The number of hydrogen-bond acceptors (Lipinski definition) is 4. The molecule has 0 saturated carbocycles. The zero-order chi connectivity index (χ0) is 10.4. The molecule has 0 amide bonds. The fourth-order valence-electron chi connectivity index (χ4n) is 1.10. The van der Waals surface area contributed by atoms with Gasteiger partial charge in [-0.3, -0.25) is 4.79 Å². The van der Waals surface area contributed by atoms with Crippen LogP contribution in [-0.4, -0.2) is 15.9 Å². The lowest BCUT2D eigenvalue weighted by Crippen LogP contribution is -1.95. The molecule has 0 bridgehead atoms. The van der Waals surface area contributed by atoms with Crippen LogP contribution in [-0.2, 0) is 11.2 Å². The highest BCUT2D eigenvalue weighted by Gasteiger charge is 2.04. The van der Waals surface area contributed by atoms with Crippen molar-refractivity contribution in [1.29, 1.82) is 0 Å². The van der Waals surface area contributed by atoms with Crippen molar-refractivity contribution < 1.29 is 4.79 Å². The van der Waals surface area contributed by atoms with E-state index >= 15 is 0 Å². The molecule has 78 valence electrons. The van der Waals surface area contributed by atoms with Crippen LogP contribution in [0.4, 0.5) is 0 Å². The molecule has 0 spiro atoms. The Balaban J connectivity index is 2.22. The summed E-state index contributed by atoms with van der Waals surface area (Å²) in [5, 5.41) is 0.315. The second-order valence-corrected chi connectivity index (χ2v) is 5.17. The van der Waals surface area contributed by atoms with Crippen LogP contribution in [0.2, 0.25) is 0 Å². The molecule has 4 heteroatoms. The van der Waals surface area contributed by atoms with Crippen molar-refractivity contribution in [2.75, 3.05) is 5.75 Å². The second kappa shape index (κ2) is 6.19. The molecule has 1 heterocycles. The van der Waals surface area contributed by atoms with Crippen molar-refractivity contribution in [3.8, 4) is 0 Å². The summed E-state index contributed by atoms with van der Waals surface area (Å²) in [5.74, 6) is 0.891. The maximum Gasteiger partial charge on any atom is 0.188 e. The van der Waals surface area contributed by atoms with Crippen molar-refractivity contribution in [3.05, 3.63) is 16.1 Å². The third-order valence-corrected chi connectivity index (χ3v) is 3.82. The number of thioether (sulfide) groups is 1. The zero-order valence-electron chi connectivity index (χ0n) is 8.58. The van der Waals surface area contributed by atoms with Crippen LogP contribution in [0.1, 0.15) is 30.3 Å². The van der Waals surface area contributed by atoms with Gasteiger partial charge in [0, 0.05) is 17.1 Å². The van der Waals surface area contributed by atoms with Crippen LogP contribution in [0.3, 0.4) is 0 Å². The SMILES string of the molecule is CCCC(=O)SCCc1scnc1C. The Morgan fingerprint density at radius 3 is 3.00 bits per heavy atom. The highest BCUT2D eigenvalue weighted by atomic mass is 32.2. The number of nitrogens with zero attached hydrogens (tertiary/aromatic N) is 1. The first-order chi connectivity index (χ1) is 6.74. The molecule has 1 aromatic heterocycles. The van der Waals surface area contributed by atoms with Gasteiger partial charge in [0.2, 0.25) is 0 Å². The van der Waals surface area contributed by atoms with Gasteiger partial charge in [0.1, 0.15) is 0 Å². The summed E-state index contributed by atoms with van der Waals surface area (Å²) >= 11 is 3.13. The van der Waals surface area contributed by atoms with E-state index in [2.05, 4.69) is 4.98 Å². The summed E-state index contributed by atoms with van der Waals surface area (Å²) in [6.07, 6.45) is 2.62. The summed E-state index contributed by atoms with van der Waals surface area (Å²) in [6, 6.07) is 0. The van der Waals surface area contributed by atoms with Crippen LogP contribution >= 0.6 is 23.1 Å². The number of aryl methyl sites for hydroxylation is 2. The first-order valence-electron chi connectivity index (χ1n) is 4.78. The quantitative estimate of drug-likeness (QED) is 0.777. The molecule has 0 unspecified atom stereocenters. The molecule has 0 N–H and O–H groups in total. The first kappa shape index (κ1) is 11.7. The van der Waals surface area contributed by atoms with E-state index in [0.717, 1.165) is 24.3 Å². The Hall–Kier alpha value is -0.350. The molecule has 0 saturated heterocycles. The van der Waals surface area contributed by atoms with E-state index in [1.165, 1.54) is 16.6 Å². The van der Waals surface area contributed by atoms with Gasteiger partial charge in [0.05, 0.1) is 11.2 Å². The summed E-state index contributed by atoms with van der Waals surface area (Å²) in [5.41, 5.74) is 2.97. The molecule has 0 radical (unpaired) electrons. The van der Waals surface area contributed by atoms with E-state index in [-0.39, 0.29) is 0 Å². The number of aromatic nitrogens is 1. The monoisotopic (exact) mass is 229 g/mol. The number of carbonyl (C=O) groups excluding carboxylic acids is 1. The third-order valence-electron chi connectivity index (χ3n) is 1.89. The van der Waals surface area contributed by atoms with Gasteiger partial charge in [-0.25, -0.2) is 4.98 Å². The minimum Gasteiger partial charge on any atom is -0.287 e. The first-order valence-corrected chi connectivity index (χ1v) is 6.65. The maximum atomic E-state index is 11.2. The Morgan fingerprint density at radius 1 is 1.64 bits per heavy atom. The van der Waals surface area contributed by atoms with Crippen LogP contribution in [0.25, 0.3) is 0 Å². The van der Waals surface area contributed by atoms with Crippen molar-refractivity contribution in [2.45, 2.75) is 33.1 Å².